The Balaban J connectivity index is 2.48. The van der Waals surface area contributed by atoms with Crippen LogP contribution in [-0.2, 0) is 0 Å². The maximum atomic E-state index is 9.63. The number of hydrogen-bond acceptors (Lipinski definition) is 2. The van der Waals surface area contributed by atoms with E-state index in [1.165, 1.54) is 0 Å². The molecule has 2 heteroatoms. The number of aliphatic hydroxyl groups is 1. The summed E-state index contributed by atoms with van der Waals surface area (Å²) in [6.45, 7) is 8.97. The smallest absolute Gasteiger partial charge is 0.0594 e. The number of hydrogen-bond donors (Lipinski definition) is 2. The first kappa shape index (κ1) is 10.0. The highest BCUT2D eigenvalue weighted by atomic mass is 16.3. The van der Waals surface area contributed by atoms with Crippen LogP contribution < -0.4 is 5.73 Å². The molecule has 3 N–H and O–H groups in total. The van der Waals surface area contributed by atoms with Gasteiger partial charge in [-0.15, -0.1) is 0 Å². The molecule has 12 heavy (non-hydrogen) atoms. The van der Waals surface area contributed by atoms with Crippen molar-refractivity contribution in [3.05, 3.63) is 0 Å². The lowest BCUT2D eigenvalue weighted by atomic mass is 9.97. The third kappa shape index (κ3) is 1.80. The summed E-state index contributed by atoms with van der Waals surface area (Å²) in [5.41, 5.74) is 5.46. The second-order valence-electron chi connectivity index (χ2n) is 5.29. The third-order valence-electron chi connectivity index (χ3n) is 3.26. The molecule has 0 aromatic heterocycles. The second-order valence-corrected chi connectivity index (χ2v) is 5.29. The van der Waals surface area contributed by atoms with E-state index < -0.39 is 5.60 Å². The van der Waals surface area contributed by atoms with Crippen molar-refractivity contribution in [3.8, 4) is 0 Å². The normalized spacial score (nSPS) is 33.5. The van der Waals surface area contributed by atoms with E-state index in [4.69, 9.17) is 5.73 Å². The summed E-state index contributed by atoms with van der Waals surface area (Å²) < 4.78 is 0. The minimum absolute atomic E-state index is 0.356. The van der Waals surface area contributed by atoms with Gasteiger partial charge >= 0.3 is 0 Å². The fourth-order valence-electron chi connectivity index (χ4n) is 2.27. The standard InChI is InChI=1S/C10H21NO/c1-9(2,12)5-7-8(6-11)10(7,3)4/h7-8,12H,5-6,11H2,1-4H3/t7-,8+/m1/s1. The Kier molecular flexibility index (Phi) is 2.26. The lowest BCUT2D eigenvalue weighted by Crippen LogP contribution is -2.20. The maximum absolute atomic E-state index is 9.63. The van der Waals surface area contributed by atoms with Crippen LogP contribution in [0.15, 0.2) is 0 Å². The van der Waals surface area contributed by atoms with Gasteiger partial charge < -0.3 is 10.8 Å². The Bertz CT molecular complexity index is 169. The van der Waals surface area contributed by atoms with E-state index in [0.717, 1.165) is 13.0 Å². The van der Waals surface area contributed by atoms with Crippen LogP contribution in [0.5, 0.6) is 0 Å². The molecule has 0 heterocycles. The summed E-state index contributed by atoms with van der Waals surface area (Å²) in [4.78, 5) is 0. The molecular formula is C10H21NO. The summed E-state index contributed by atoms with van der Waals surface area (Å²) in [5.74, 6) is 1.23. The van der Waals surface area contributed by atoms with E-state index in [1.807, 2.05) is 13.8 Å². The Morgan fingerprint density at radius 3 is 2.08 bits per heavy atom. The van der Waals surface area contributed by atoms with Crippen LogP contribution in [-0.4, -0.2) is 17.3 Å². The van der Waals surface area contributed by atoms with E-state index in [1.54, 1.807) is 0 Å². The summed E-state index contributed by atoms with van der Waals surface area (Å²) in [6, 6.07) is 0. The summed E-state index contributed by atoms with van der Waals surface area (Å²) >= 11 is 0. The summed E-state index contributed by atoms with van der Waals surface area (Å²) in [6.07, 6.45) is 0.877. The molecule has 72 valence electrons. The van der Waals surface area contributed by atoms with Crippen molar-refractivity contribution in [2.24, 2.45) is 23.0 Å². The van der Waals surface area contributed by atoms with E-state index >= 15 is 0 Å². The van der Waals surface area contributed by atoms with Crippen LogP contribution in [0, 0.1) is 17.3 Å². The molecule has 0 aliphatic heterocycles. The zero-order chi connectivity index (χ0) is 9.57. The van der Waals surface area contributed by atoms with Gasteiger partial charge in [-0.05, 0) is 44.1 Å². The Morgan fingerprint density at radius 1 is 1.33 bits per heavy atom. The highest BCUT2D eigenvalue weighted by molar-refractivity contribution is 5.06. The van der Waals surface area contributed by atoms with Crippen LogP contribution in [0.2, 0.25) is 0 Å². The lowest BCUT2D eigenvalue weighted by molar-refractivity contribution is 0.0603. The Labute approximate surface area is 75.2 Å². The molecule has 1 rings (SSSR count). The topological polar surface area (TPSA) is 46.2 Å². The van der Waals surface area contributed by atoms with Crippen LogP contribution in [0.25, 0.3) is 0 Å². The van der Waals surface area contributed by atoms with Crippen molar-refractivity contribution in [1.82, 2.24) is 0 Å². The molecule has 0 bridgehead atoms. The van der Waals surface area contributed by atoms with E-state index in [-0.39, 0.29) is 0 Å². The van der Waals surface area contributed by atoms with Gasteiger partial charge in [0.25, 0.3) is 0 Å². The second kappa shape index (κ2) is 2.71. The van der Waals surface area contributed by atoms with Gasteiger partial charge in [0, 0.05) is 0 Å². The van der Waals surface area contributed by atoms with Gasteiger partial charge in [0.15, 0.2) is 0 Å². The van der Waals surface area contributed by atoms with E-state index in [2.05, 4.69) is 13.8 Å². The van der Waals surface area contributed by atoms with E-state index in [0.29, 0.717) is 17.3 Å². The van der Waals surface area contributed by atoms with Gasteiger partial charge in [-0.3, -0.25) is 0 Å². The van der Waals surface area contributed by atoms with Gasteiger partial charge in [-0.1, -0.05) is 13.8 Å². The minimum atomic E-state index is -0.536. The number of nitrogens with two attached hydrogens (primary N) is 1. The zero-order valence-electron chi connectivity index (χ0n) is 8.59. The summed E-state index contributed by atoms with van der Waals surface area (Å²) in [5, 5.41) is 9.63. The first-order valence-corrected chi connectivity index (χ1v) is 4.71. The Hall–Kier alpha value is -0.0800. The predicted octanol–water partition coefficient (Wildman–Crippen LogP) is 1.38. The molecule has 1 aliphatic carbocycles. The first-order valence-electron chi connectivity index (χ1n) is 4.71. The molecule has 2 atom stereocenters. The molecule has 1 aliphatic rings. The van der Waals surface area contributed by atoms with Gasteiger partial charge in [0.2, 0.25) is 0 Å². The molecule has 0 amide bonds. The average Bonchev–Trinajstić information content (AvgIpc) is 2.30. The zero-order valence-corrected chi connectivity index (χ0v) is 8.59. The molecule has 0 aromatic carbocycles. The molecule has 1 saturated carbocycles. The predicted molar refractivity (Wildman–Crippen MR) is 50.7 cm³/mol. The molecule has 0 aromatic rings. The highest BCUT2D eigenvalue weighted by Crippen LogP contribution is 2.60. The molecule has 2 nitrogen and oxygen atoms in total. The van der Waals surface area contributed by atoms with Gasteiger partial charge in [0.1, 0.15) is 0 Å². The monoisotopic (exact) mass is 171 g/mol. The number of rotatable bonds is 3. The van der Waals surface area contributed by atoms with Crippen molar-refractivity contribution in [2.45, 2.75) is 39.7 Å². The first-order chi connectivity index (χ1) is 5.29. The molecule has 0 saturated heterocycles. The lowest BCUT2D eigenvalue weighted by Gasteiger charge is -2.17. The van der Waals surface area contributed by atoms with Crippen molar-refractivity contribution in [2.75, 3.05) is 6.54 Å². The van der Waals surface area contributed by atoms with Crippen LogP contribution in [0.1, 0.15) is 34.1 Å². The van der Waals surface area contributed by atoms with Gasteiger partial charge in [-0.2, -0.15) is 0 Å². The van der Waals surface area contributed by atoms with E-state index in [9.17, 15) is 5.11 Å². The molecular weight excluding hydrogens is 150 g/mol. The van der Waals surface area contributed by atoms with Crippen LogP contribution >= 0.6 is 0 Å². The van der Waals surface area contributed by atoms with Crippen molar-refractivity contribution in [1.29, 1.82) is 0 Å². The molecule has 1 fully saturated rings. The SMILES string of the molecule is CC(C)(O)C[C@@H]1[C@H](CN)C1(C)C. The fourth-order valence-corrected chi connectivity index (χ4v) is 2.27. The minimum Gasteiger partial charge on any atom is -0.390 e. The fraction of sp³-hybridized carbons (Fsp3) is 1.00. The molecule has 0 radical (unpaired) electrons. The van der Waals surface area contributed by atoms with Crippen LogP contribution in [0.3, 0.4) is 0 Å². The maximum Gasteiger partial charge on any atom is 0.0594 e. The third-order valence-corrected chi connectivity index (χ3v) is 3.26. The van der Waals surface area contributed by atoms with Crippen molar-refractivity contribution in [3.63, 3.8) is 0 Å². The van der Waals surface area contributed by atoms with Gasteiger partial charge in [0.05, 0.1) is 5.60 Å². The molecule has 0 spiro atoms. The van der Waals surface area contributed by atoms with Crippen LogP contribution in [0.4, 0.5) is 0 Å². The molecule has 0 unspecified atom stereocenters. The van der Waals surface area contributed by atoms with Gasteiger partial charge in [-0.25, -0.2) is 0 Å². The summed E-state index contributed by atoms with van der Waals surface area (Å²) in [7, 11) is 0. The average molecular weight is 171 g/mol. The Morgan fingerprint density at radius 2 is 1.83 bits per heavy atom. The quantitative estimate of drug-likeness (QED) is 0.674. The largest absolute Gasteiger partial charge is 0.390 e. The van der Waals surface area contributed by atoms with Crippen molar-refractivity contribution >= 4 is 0 Å². The highest BCUT2D eigenvalue weighted by Gasteiger charge is 2.57. The van der Waals surface area contributed by atoms with Crippen molar-refractivity contribution < 1.29 is 5.11 Å².